The average Bonchev–Trinajstić information content (AvgIpc) is 2.56. The lowest BCUT2D eigenvalue weighted by Crippen LogP contribution is -2.54. The van der Waals surface area contributed by atoms with Gasteiger partial charge < -0.3 is 5.11 Å². The van der Waals surface area contributed by atoms with E-state index in [2.05, 4.69) is 23.6 Å². The number of nitrogens with zero attached hydrogens (tertiary/aromatic N) is 4. The van der Waals surface area contributed by atoms with Gasteiger partial charge in [0.1, 0.15) is 0 Å². The molecule has 0 bridgehead atoms. The van der Waals surface area contributed by atoms with Crippen molar-refractivity contribution in [3.8, 4) is 0 Å². The monoisotopic (exact) mass is 328 g/mol. The van der Waals surface area contributed by atoms with Crippen LogP contribution in [0.1, 0.15) is 31.7 Å². The average molecular weight is 328 g/mol. The molecule has 24 heavy (non-hydrogen) atoms. The van der Waals surface area contributed by atoms with E-state index in [4.69, 9.17) is 9.97 Å². The normalized spacial score (nSPS) is 21.2. The smallest absolute Gasteiger partial charge is 0.0890 e. The first-order chi connectivity index (χ1) is 11.6. The summed E-state index contributed by atoms with van der Waals surface area (Å²) in [6, 6.07) is 8.56. The molecular formula is C19H28N4O. The van der Waals surface area contributed by atoms with E-state index in [9.17, 15) is 5.11 Å². The maximum atomic E-state index is 9.68. The van der Waals surface area contributed by atoms with Gasteiger partial charge in [0.15, 0.2) is 0 Å². The third-order valence-electron chi connectivity index (χ3n) is 4.88. The molecule has 0 spiro atoms. The molecule has 1 fully saturated rings. The fraction of sp³-hybridized carbons (Fsp3) is 0.579. The van der Waals surface area contributed by atoms with Crippen molar-refractivity contribution in [3.63, 3.8) is 0 Å². The van der Waals surface area contributed by atoms with E-state index in [1.165, 1.54) is 0 Å². The first-order valence-corrected chi connectivity index (χ1v) is 8.93. The number of aliphatic hydroxyl groups is 1. The van der Waals surface area contributed by atoms with Crippen LogP contribution in [-0.4, -0.2) is 63.2 Å². The summed E-state index contributed by atoms with van der Waals surface area (Å²) in [6.07, 6.45) is 0.838. The Morgan fingerprint density at radius 3 is 2.58 bits per heavy atom. The number of para-hydroxylation sites is 2. The van der Waals surface area contributed by atoms with Crippen LogP contribution in [0.4, 0.5) is 0 Å². The van der Waals surface area contributed by atoms with Gasteiger partial charge in [0.05, 0.1) is 28.5 Å². The van der Waals surface area contributed by atoms with Gasteiger partial charge in [-0.2, -0.15) is 0 Å². The predicted molar refractivity (Wildman–Crippen MR) is 96.9 cm³/mol. The Hall–Kier alpha value is -1.56. The number of benzene rings is 1. The molecule has 2 unspecified atom stereocenters. The molecule has 1 aliphatic rings. The minimum absolute atomic E-state index is 0.265. The molecule has 1 aliphatic heterocycles. The lowest BCUT2D eigenvalue weighted by atomic mass is 10.1. The van der Waals surface area contributed by atoms with E-state index in [1.807, 2.05) is 31.2 Å². The van der Waals surface area contributed by atoms with Crippen LogP contribution in [0.2, 0.25) is 0 Å². The SMILES string of the molecule is CCC1CN(Cc2nc3ccccc3nc2C)CCN1CC(C)O. The molecule has 2 atom stereocenters. The minimum Gasteiger partial charge on any atom is -0.392 e. The molecule has 0 radical (unpaired) electrons. The van der Waals surface area contributed by atoms with Gasteiger partial charge in [-0.3, -0.25) is 9.80 Å². The highest BCUT2D eigenvalue weighted by Gasteiger charge is 2.26. The molecule has 0 amide bonds. The highest BCUT2D eigenvalue weighted by atomic mass is 16.3. The van der Waals surface area contributed by atoms with Gasteiger partial charge in [-0.1, -0.05) is 19.1 Å². The molecule has 5 heteroatoms. The quantitative estimate of drug-likeness (QED) is 0.912. The maximum absolute atomic E-state index is 9.68. The number of piperazine rings is 1. The van der Waals surface area contributed by atoms with E-state index < -0.39 is 0 Å². The van der Waals surface area contributed by atoms with E-state index in [0.717, 1.165) is 61.6 Å². The Kier molecular flexibility index (Phi) is 5.43. The van der Waals surface area contributed by atoms with Crippen molar-refractivity contribution in [2.45, 2.75) is 45.9 Å². The molecule has 5 nitrogen and oxygen atoms in total. The van der Waals surface area contributed by atoms with Crippen LogP contribution in [0, 0.1) is 6.92 Å². The number of β-amino-alcohol motifs (C(OH)–C–C–N with tert-alkyl or cyclic N) is 1. The van der Waals surface area contributed by atoms with Crippen LogP contribution in [0.3, 0.4) is 0 Å². The maximum Gasteiger partial charge on any atom is 0.0890 e. The number of aromatic nitrogens is 2. The molecule has 1 aromatic heterocycles. The van der Waals surface area contributed by atoms with Crippen LogP contribution >= 0.6 is 0 Å². The van der Waals surface area contributed by atoms with E-state index in [0.29, 0.717) is 6.04 Å². The number of fused-ring (bicyclic) bond motifs is 1. The van der Waals surface area contributed by atoms with E-state index >= 15 is 0 Å². The van der Waals surface area contributed by atoms with Crippen molar-refractivity contribution < 1.29 is 5.11 Å². The highest BCUT2D eigenvalue weighted by molar-refractivity contribution is 5.74. The Labute approximate surface area is 144 Å². The summed E-state index contributed by atoms with van der Waals surface area (Å²) in [5, 5.41) is 9.68. The van der Waals surface area contributed by atoms with Gasteiger partial charge in [0.2, 0.25) is 0 Å². The van der Waals surface area contributed by atoms with Crippen molar-refractivity contribution in [1.82, 2.24) is 19.8 Å². The number of hydrogen-bond acceptors (Lipinski definition) is 5. The van der Waals surface area contributed by atoms with E-state index in [-0.39, 0.29) is 6.10 Å². The Morgan fingerprint density at radius 2 is 1.92 bits per heavy atom. The number of hydrogen-bond donors (Lipinski definition) is 1. The second-order valence-corrected chi connectivity index (χ2v) is 6.89. The summed E-state index contributed by atoms with van der Waals surface area (Å²) in [4.78, 5) is 14.4. The zero-order valence-corrected chi connectivity index (χ0v) is 14.9. The second-order valence-electron chi connectivity index (χ2n) is 6.89. The fourth-order valence-electron chi connectivity index (χ4n) is 3.55. The third-order valence-corrected chi connectivity index (χ3v) is 4.88. The summed E-state index contributed by atoms with van der Waals surface area (Å²) in [6.45, 7) is 10.8. The first-order valence-electron chi connectivity index (χ1n) is 8.93. The molecule has 2 aromatic rings. The van der Waals surface area contributed by atoms with Crippen molar-refractivity contribution in [2.75, 3.05) is 26.2 Å². The summed E-state index contributed by atoms with van der Waals surface area (Å²) < 4.78 is 0. The Balaban J connectivity index is 1.71. The largest absolute Gasteiger partial charge is 0.392 e. The van der Waals surface area contributed by atoms with Gasteiger partial charge in [0, 0.05) is 38.8 Å². The third kappa shape index (κ3) is 3.91. The molecule has 0 saturated carbocycles. The van der Waals surface area contributed by atoms with Crippen LogP contribution in [0.15, 0.2) is 24.3 Å². The lowest BCUT2D eigenvalue weighted by Gasteiger charge is -2.41. The molecule has 0 aliphatic carbocycles. The fourth-order valence-corrected chi connectivity index (χ4v) is 3.55. The van der Waals surface area contributed by atoms with Crippen LogP contribution < -0.4 is 0 Å². The van der Waals surface area contributed by atoms with Crippen LogP contribution in [0.5, 0.6) is 0 Å². The molecule has 1 N–H and O–H groups in total. The zero-order valence-electron chi connectivity index (χ0n) is 14.9. The first kappa shape index (κ1) is 17.3. The highest BCUT2D eigenvalue weighted by Crippen LogP contribution is 2.18. The lowest BCUT2D eigenvalue weighted by molar-refractivity contribution is 0.0333. The van der Waals surface area contributed by atoms with Gasteiger partial charge in [-0.05, 0) is 32.4 Å². The summed E-state index contributed by atoms with van der Waals surface area (Å²) in [5.41, 5.74) is 4.03. The van der Waals surface area contributed by atoms with E-state index in [1.54, 1.807) is 0 Å². The van der Waals surface area contributed by atoms with Gasteiger partial charge in [0.25, 0.3) is 0 Å². The zero-order chi connectivity index (χ0) is 17.1. The summed E-state index contributed by atoms with van der Waals surface area (Å²) >= 11 is 0. The Morgan fingerprint density at radius 1 is 1.21 bits per heavy atom. The van der Waals surface area contributed by atoms with Crippen molar-refractivity contribution in [3.05, 3.63) is 35.7 Å². The summed E-state index contributed by atoms with van der Waals surface area (Å²) in [5.74, 6) is 0. The second kappa shape index (κ2) is 7.55. The van der Waals surface area contributed by atoms with Crippen molar-refractivity contribution >= 4 is 11.0 Å². The minimum atomic E-state index is -0.265. The van der Waals surface area contributed by atoms with Gasteiger partial charge in [-0.15, -0.1) is 0 Å². The topological polar surface area (TPSA) is 52.5 Å². The molecule has 2 heterocycles. The molecule has 130 valence electrons. The van der Waals surface area contributed by atoms with Crippen molar-refractivity contribution in [2.24, 2.45) is 0 Å². The number of rotatable bonds is 5. The molecular weight excluding hydrogens is 300 g/mol. The van der Waals surface area contributed by atoms with Crippen LogP contribution in [0.25, 0.3) is 11.0 Å². The molecule has 3 rings (SSSR count). The van der Waals surface area contributed by atoms with Crippen LogP contribution in [-0.2, 0) is 6.54 Å². The number of aryl methyl sites for hydroxylation is 1. The van der Waals surface area contributed by atoms with Gasteiger partial charge >= 0.3 is 0 Å². The van der Waals surface area contributed by atoms with Gasteiger partial charge in [-0.25, -0.2) is 9.97 Å². The predicted octanol–water partition coefficient (Wildman–Crippen LogP) is 2.22. The number of aliphatic hydroxyl groups excluding tert-OH is 1. The summed E-state index contributed by atoms with van der Waals surface area (Å²) in [7, 11) is 0. The van der Waals surface area contributed by atoms with Crippen molar-refractivity contribution in [1.29, 1.82) is 0 Å². The molecule has 1 saturated heterocycles. The Bertz CT molecular complexity index is 688. The standard InChI is InChI=1S/C19H28N4O/c1-4-16-12-22(9-10-23(16)11-14(2)24)13-19-15(3)20-17-7-5-6-8-18(17)21-19/h5-8,14,16,24H,4,9-13H2,1-3H3. The molecule has 1 aromatic carbocycles.